The van der Waals surface area contributed by atoms with E-state index in [2.05, 4.69) is 9.97 Å². The van der Waals surface area contributed by atoms with Crippen LogP contribution in [0.15, 0.2) is 48.2 Å². The average Bonchev–Trinajstić information content (AvgIpc) is 3.25. The van der Waals surface area contributed by atoms with Crippen LogP contribution in [0.1, 0.15) is 35.1 Å². The van der Waals surface area contributed by atoms with Crippen molar-refractivity contribution in [2.45, 2.75) is 20.3 Å². The maximum atomic E-state index is 12.2. The molecule has 0 aliphatic carbocycles. The number of aliphatic hydroxyl groups excluding tert-OH is 1. The Morgan fingerprint density at radius 2 is 2.14 bits per heavy atom. The van der Waals surface area contributed by atoms with Crippen LogP contribution in [-0.2, 0) is 4.74 Å². The van der Waals surface area contributed by atoms with Crippen LogP contribution in [0.2, 0.25) is 0 Å². The minimum absolute atomic E-state index is 0.0599. The molecule has 0 saturated carbocycles. The van der Waals surface area contributed by atoms with Gasteiger partial charge in [0.2, 0.25) is 0 Å². The van der Waals surface area contributed by atoms with Crippen LogP contribution in [0.5, 0.6) is 0 Å². The number of ether oxygens (including phenoxy) is 1. The van der Waals surface area contributed by atoms with Gasteiger partial charge in [-0.15, -0.1) is 0 Å². The second-order valence-electron chi connectivity index (χ2n) is 7.05. The van der Waals surface area contributed by atoms with E-state index in [9.17, 15) is 9.90 Å². The van der Waals surface area contributed by atoms with Crippen molar-refractivity contribution in [2.24, 2.45) is 0 Å². The van der Waals surface area contributed by atoms with Crippen molar-refractivity contribution in [3.63, 3.8) is 0 Å². The first kappa shape index (κ1) is 18.7. The standard InChI is InChI=1S/C22H22N4O3/c1-3-9-29-22(28)14-5-4-6-15(11-14)26-12-18(27)19(20(26)23)21-24-16-8-7-13(2)10-17(16)25-21/h4-8,10-11,23,27H,3,9,12H2,1-2H3,(H,24,25). The lowest BCUT2D eigenvalue weighted by atomic mass is 10.2. The molecule has 2 aromatic carbocycles. The molecule has 0 saturated heterocycles. The van der Waals surface area contributed by atoms with Crippen molar-refractivity contribution in [1.82, 2.24) is 9.97 Å². The number of aromatic nitrogens is 2. The summed E-state index contributed by atoms with van der Waals surface area (Å²) in [5, 5.41) is 19.2. The van der Waals surface area contributed by atoms with Crippen LogP contribution >= 0.6 is 0 Å². The maximum absolute atomic E-state index is 12.2. The van der Waals surface area contributed by atoms with Crippen LogP contribution < -0.4 is 4.90 Å². The molecule has 148 valence electrons. The summed E-state index contributed by atoms with van der Waals surface area (Å²) >= 11 is 0. The van der Waals surface area contributed by atoms with Crippen molar-refractivity contribution in [3.05, 3.63) is 65.2 Å². The van der Waals surface area contributed by atoms with E-state index in [0.717, 1.165) is 23.0 Å². The first-order valence-electron chi connectivity index (χ1n) is 9.50. The predicted octanol–water partition coefficient (Wildman–Crippen LogP) is 4.20. The number of aryl methyl sites for hydroxylation is 1. The van der Waals surface area contributed by atoms with Crippen LogP contribution in [0, 0.1) is 12.3 Å². The third-order valence-corrected chi connectivity index (χ3v) is 4.81. The predicted molar refractivity (Wildman–Crippen MR) is 112 cm³/mol. The SMILES string of the molecule is CCCOC(=O)c1cccc(N2CC(O)=C(c3nc4ccc(C)cc4[nH]3)C2=N)c1. The van der Waals surface area contributed by atoms with Gasteiger partial charge in [0, 0.05) is 5.69 Å². The van der Waals surface area contributed by atoms with Crippen molar-refractivity contribution < 1.29 is 14.6 Å². The molecule has 29 heavy (non-hydrogen) atoms. The average molecular weight is 390 g/mol. The van der Waals surface area contributed by atoms with Gasteiger partial charge in [-0.25, -0.2) is 9.78 Å². The van der Waals surface area contributed by atoms with Gasteiger partial charge in [0.1, 0.15) is 17.4 Å². The molecule has 4 rings (SSSR count). The Morgan fingerprint density at radius 1 is 1.31 bits per heavy atom. The molecule has 0 amide bonds. The molecule has 0 radical (unpaired) electrons. The highest BCUT2D eigenvalue weighted by molar-refractivity contribution is 6.30. The highest BCUT2D eigenvalue weighted by Crippen LogP contribution is 2.31. The molecule has 2 heterocycles. The number of nitrogens with one attached hydrogen (secondary N) is 2. The lowest BCUT2D eigenvalue weighted by molar-refractivity contribution is 0.0505. The first-order valence-corrected chi connectivity index (χ1v) is 9.50. The summed E-state index contributed by atoms with van der Waals surface area (Å²) < 4.78 is 5.19. The van der Waals surface area contributed by atoms with Gasteiger partial charge in [-0.1, -0.05) is 19.1 Å². The Bertz CT molecular complexity index is 1150. The lowest BCUT2D eigenvalue weighted by Crippen LogP contribution is -2.26. The van der Waals surface area contributed by atoms with Gasteiger partial charge in [-0.05, 0) is 49.2 Å². The summed E-state index contributed by atoms with van der Waals surface area (Å²) in [6.07, 6.45) is 0.750. The number of nitrogens with zero attached hydrogens (tertiary/aromatic N) is 2. The molecule has 0 atom stereocenters. The molecule has 7 nitrogen and oxygen atoms in total. The number of esters is 1. The minimum Gasteiger partial charge on any atom is -0.509 e. The van der Waals surface area contributed by atoms with E-state index in [1.807, 2.05) is 32.0 Å². The van der Waals surface area contributed by atoms with Gasteiger partial charge in [0.05, 0.1) is 35.3 Å². The zero-order chi connectivity index (χ0) is 20.5. The van der Waals surface area contributed by atoms with Gasteiger partial charge in [0.15, 0.2) is 0 Å². The van der Waals surface area contributed by atoms with E-state index in [1.165, 1.54) is 0 Å². The maximum Gasteiger partial charge on any atom is 0.338 e. The van der Waals surface area contributed by atoms with E-state index in [0.29, 0.717) is 29.3 Å². The number of aromatic amines is 1. The number of amidine groups is 1. The quantitative estimate of drug-likeness (QED) is 0.567. The topological polar surface area (TPSA) is 102 Å². The van der Waals surface area contributed by atoms with Crippen LogP contribution in [0.25, 0.3) is 16.6 Å². The van der Waals surface area contributed by atoms with Crippen LogP contribution in [-0.4, -0.2) is 40.0 Å². The Balaban J connectivity index is 1.62. The molecule has 3 aromatic rings. The van der Waals surface area contributed by atoms with E-state index in [-0.39, 0.29) is 18.1 Å². The summed E-state index contributed by atoms with van der Waals surface area (Å²) in [5.41, 5.74) is 4.13. The Labute approximate surface area is 168 Å². The lowest BCUT2D eigenvalue weighted by Gasteiger charge is -2.19. The number of rotatable bonds is 5. The number of aliphatic hydroxyl groups is 1. The zero-order valence-electron chi connectivity index (χ0n) is 16.3. The molecule has 1 aliphatic heterocycles. The fraction of sp³-hybridized carbons (Fsp3) is 0.227. The monoisotopic (exact) mass is 390 g/mol. The second-order valence-corrected chi connectivity index (χ2v) is 7.05. The number of hydrogen-bond donors (Lipinski definition) is 3. The molecule has 0 bridgehead atoms. The fourth-order valence-corrected chi connectivity index (χ4v) is 3.37. The van der Waals surface area contributed by atoms with Crippen LogP contribution in [0.3, 0.4) is 0 Å². The highest BCUT2D eigenvalue weighted by atomic mass is 16.5. The summed E-state index contributed by atoms with van der Waals surface area (Å²) in [5.74, 6) is 0.237. The van der Waals surface area contributed by atoms with Gasteiger partial charge in [-0.3, -0.25) is 5.41 Å². The number of fused-ring (bicyclic) bond motifs is 1. The molecule has 0 unspecified atom stereocenters. The number of hydrogen-bond acceptors (Lipinski definition) is 5. The van der Waals surface area contributed by atoms with Crippen molar-refractivity contribution in [1.29, 1.82) is 5.41 Å². The van der Waals surface area contributed by atoms with Crippen molar-refractivity contribution in [2.75, 3.05) is 18.1 Å². The van der Waals surface area contributed by atoms with E-state index in [4.69, 9.17) is 10.1 Å². The third kappa shape index (κ3) is 3.47. The highest BCUT2D eigenvalue weighted by Gasteiger charge is 2.31. The summed E-state index contributed by atoms with van der Waals surface area (Å²) in [6, 6.07) is 12.7. The Morgan fingerprint density at radius 3 is 2.93 bits per heavy atom. The minimum atomic E-state index is -0.399. The number of benzene rings is 2. The first-order chi connectivity index (χ1) is 14.0. The summed E-state index contributed by atoms with van der Waals surface area (Å²) in [4.78, 5) is 21.5. The normalized spacial score (nSPS) is 14.1. The van der Waals surface area contributed by atoms with Gasteiger partial charge in [0.25, 0.3) is 0 Å². The second kappa shape index (κ2) is 7.43. The molecule has 1 aromatic heterocycles. The molecule has 3 N–H and O–H groups in total. The van der Waals surface area contributed by atoms with E-state index < -0.39 is 5.97 Å². The number of carbonyl (C=O) groups is 1. The number of H-pyrrole nitrogens is 1. The van der Waals surface area contributed by atoms with Gasteiger partial charge in [-0.2, -0.15) is 0 Å². The van der Waals surface area contributed by atoms with Crippen molar-refractivity contribution in [3.8, 4) is 0 Å². The number of imidazole rings is 1. The third-order valence-electron chi connectivity index (χ3n) is 4.81. The summed E-state index contributed by atoms with van der Waals surface area (Å²) in [6.45, 7) is 4.43. The Hall–Kier alpha value is -3.61. The number of carbonyl (C=O) groups excluding carboxylic acids is 1. The van der Waals surface area contributed by atoms with Crippen molar-refractivity contribution >= 4 is 34.1 Å². The molecular weight excluding hydrogens is 368 g/mol. The Kier molecular flexibility index (Phi) is 4.80. The van der Waals surface area contributed by atoms with Crippen LogP contribution in [0.4, 0.5) is 5.69 Å². The van der Waals surface area contributed by atoms with E-state index >= 15 is 0 Å². The van der Waals surface area contributed by atoms with E-state index in [1.54, 1.807) is 29.2 Å². The van der Waals surface area contributed by atoms with Gasteiger partial charge < -0.3 is 19.7 Å². The summed E-state index contributed by atoms with van der Waals surface area (Å²) in [7, 11) is 0. The fourth-order valence-electron chi connectivity index (χ4n) is 3.37. The molecule has 1 aliphatic rings. The smallest absolute Gasteiger partial charge is 0.338 e. The molecule has 0 spiro atoms. The molecule has 0 fully saturated rings. The number of anilines is 1. The molecule has 7 heteroatoms. The molecular formula is C22H22N4O3. The van der Waals surface area contributed by atoms with Gasteiger partial charge >= 0.3 is 5.97 Å². The zero-order valence-corrected chi connectivity index (χ0v) is 16.3. The largest absolute Gasteiger partial charge is 0.509 e.